The molecule has 2 atom stereocenters. The molecular formula is C13H16N2O6. The fourth-order valence-electron chi connectivity index (χ4n) is 1.93. The number of hydrogen-bond donors (Lipinski definition) is 0. The molecule has 0 bridgehead atoms. The monoisotopic (exact) mass is 296 g/mol. The highest BCUT2D eigenvalue weighted by Crippen LogP contribution is 2.17. The fourth-order valence-corrected chi connectivity index (χ4v) is 1.93. The second-order valence-corrected chi connectivity index (χ2v) is 4.61. The van der Waals surface area contributed by atoms with E-state index in [2.05, 4.69) is 0 Å². The topological polar surface area (TPSA) is 91.1 Å². The third-order valence-electron chi connectivity index (χ3n) is 3.15. The summed E-state index contributed by atoms with van der Waals surface area (Å²) in [5.74, 6) is -0.630. The summed E-state index contributed by atoms with van der Waals surface area (Å²) in [6, 6.07) is 5.41. The van der Waals surface area contributed by atoms with Crippen molar-refractivity contribution in [1.82, 2.24) is 4.90 Å². The van der Waals surface area contributed by atoms with Gasteiger partial charge in [0.25, 0.3) is 5.69 Å². The van der Waals surface area contributed by atoms with E-state index in [-0.39, 0.29) is 24.1 Å². The quantitative estimate of drug-likeness (QED) is 0.465. The Bertz CT molecular complexity index is 535. The highest BCUT2D eigenvalue weighted by Gasteiger charge is 2.29. The molecule has 0 aliphatic carbocycles. The van der Waals surface area contributed by atoms with E-state index in [9.17, 15) is 14.9 Å². The highest BCUT2D eigenvalue weighted by atomic mass is 16.7. The predicted molar refractivity (Wildman–Crippen MR) is 71.7 cm³/mol. The third-order valence-corrected chi connectivity index (χ3v) is 3.15. The van der Waals surface area contributed by atoms with Crippen molar-refractivity contribution in [2.45, 2.75) is 12.5 Å². The normalized spacial score (nSPS) is 22.8. The van der Waals surface area contributed by atoms with Crippen molar-refractivity contribution >= 4 is 11.7 Å². The average Bonchev–Trinajstić information content (AvgIpc) is 2.49. The zero-order chi connectivity index (χ0) is 15.4. The van der Waals surface area contributed by atoms with Crippen molar-refractivity contribution in [2.24, 2.45) is 0 Å². The largest absolute Gasteiger partial charge is 0.440 e. The molecule has 2 unspecified atom stereocenters. The lowest BCUT2D eigenvalue weighted by Crippen LogP contribution is -2.50. The predicted octanol–water partition coefficient (Wildman–Crippen LogP) is 1.01. The molecule has 1 heterocycles. The van der Waals surface area contributed by atoms with E-state index in [4.69, 9.17) is 14.2 Å². The Morgan fingerprint density at radius 1 is 1.52 bits per heavy atom. The van der Waals surface area contributed by atoms with Gasteiger partial charge in [0.2, 0.25) is 0 Å². The average molecular weight is 296 g/mol. The summed E-state index contributed by atoms with van der Waals surface area (Å²) in [6.45, 7) is 0.638. The Hall–Kier alpha value is -2.03. The molecule has 1 fully saturated rings. The Labute approximate surface area is 121 Å². The Balaban J connectivity index is 2.01. The van der Waals surface area contributed by atoms with Crippen LogP contribution in [0.3, 0.4) is 0 Å². The number of benzene rings is 1. The summed E-state index contributed by atoms with van der Waals surface area (Å²) in [6.07, 6.45) is -0.911. The first-order valence-electron chi connectivity index (χ1n) is 6.31. The zero-order valence-electron chi connectivity index (χ0n) is 11.7. The highest BCUT2D eigenvalue weighted by molar-refractivity contribution is 5.90. The maximum Gasteiger partial charge on any atom is 0.340 e. The van der Waals surface area contributed by atoms with Gasteiger partial charge in [0.1, 0.15) is 6.61 Å². The fraction of sp³-hybridized carbons (Fsp3) is 0.462. The summed E-state index contributed by atoms with van der Waals surface area (Å²) < 4.78 is 15.7. The van der Waals surface area contributed by atoms with Gasteiger partial charge in [-0.15, -0.1) is 0 Å². The molecule has 0 radical (unpaired) electrons. The van der Waals surface area contributed by atoms with Crippen molar-refractivity contribution in [2.75, 3.05) is 27.3 Å². The number of carbonyl (C=O) groups is 1. The van der Waals surface area contributed by atoms with Gasteiger partial charge in [-0.25, -0.2) is 4.79 Å². The molecule has 21 heavy (non-hydrogen) atoms. The van der Waals surface area contributed by atoms with Crippen LogP contribution in [0.15, 0.2) is 24.3 Å². The lowest BCUT2D eigenvalue weighted by atomic mass is 10.2. The van der Waals surface area contributed by atoms with Crippen LogP contribution < -0.4 is 0 Å². The van der Waals surface area contributed by atoms with E-state index in [1.165, 1.54) is 31.4 Å². The summed E-state index contributed by atoms with van der Waals surface area (Å²) >= 11 is 0. The molecule has 114 valence electrons. The molecule has 8 heteroatoms. The van der Waals surface area contributed by atoms with Crippen molar-refractivity contribution in [3.05, 3.63) is 39.9 Å². The van der Waals surface area contributed by atoms with Crippen LogP contribution in [0, 0.1) is 10.1 Å². The van der Waals surface area contributed by atoms with E-state index in [1.807, 2.05) is 0 Å². The van der Waals surface area contributed by atoms with Crippen molar-refractivity contribution in [3.8, 4) is 0 Å². The van der Waals surface area contributed by atoms with Gasteiger partial charge in [-0.05, 0) is 13.1 Å². The van der Waals surface area contributed by atoms with Crippen LogP contribution in [0.5, 0.6) is 0 Å². The van der Waals surface area contributed by atoms with Gasteiger partial charge in [-0.1, -0.05) is 6.07 Å². The first-order valence-corrected chi connectivity index (χ1v) is 6.31. The molecule has 1 aromatic carbocycles. The van der Waals surface area contributed by atoms with E-state index >= 15 is 0 Å². The first kappa shape index (κ1) is 15.4. The van der Waals surface area contributed by atoms with Gasteiger partial charge >= 0.3 is 5.97 Å². The van der Waals surface area contributed by atoms with E-state index < -0.39 is 17.1 Å². The van der Waals surface area contributed by atoms with Crippen LogP contribution in [0.2, 0.25) is 0 Å². The van der Waals surface area contributed by atoms with E-state index in [1.54, 1.807) is 11.9 Å². The first-order chi connectivity index (χ1) is 10.0. The molecular weight excluding hydrogens is 280 g/mol. The molecule has 0 saturated carbocycles. The molecule has 0 amide bonds. The van der Waals surface area contributed by atoms with Crippen LogP contribution in [0.25, 0.3) is 0 Å². The molecule has 1 saturated heterocycles. The molecule has 1 aliphatic rings. The minimum atomic E-state index is -0.630. The van der Waals surface area contributed by atoms with Crippen LogP contribution in [-0.2, 0) is 14.2 Å². The molecule has 1 aliphatic heterocycles. The van der Waals surface area contributed by atoms with Gasteiger partial charge in [0.15, 0.2) is 12.5 Å². The molecule has 1 aromatic rings. The number of likely N-dealkylation sites (N-methyl/N-ethyl adjacent to an activating group) is 1. The standard InChI is InChI=1S/C13H16N2O6/c1-14-7-12(19-2)20-8-11(14)21-13(16)9-4-3-5-10(6-9)15(17)18/h3-6,11-12H,7-8H2,1-2H3. The number of rotatable bonds is 4. The maximum atomic E-state index is 12.0. The maximum absolute atomic E-state index is 12.0. The van der Waals surface area contributed by atoms with E-state index in [0.29, 0.717) is 6.54 Å². The second-order valence-electron chi connectivity index (χ2n) is 4.61. The van der Waals surface area contributed by atoms with Gasteiger partial charge in [0, 0.05) is 19.2 Å². The number of morpholine rings is 1. The van der Waals surface area contributed by atoms with Crippen LogP contribution >= 0.6 is 0 Å². The van der Waals surface area contributed by atoms with Gasteiger partial charge in [0.05, 0.1) is 17.0 Å². The van der Waals surface area contributed by atoms with Gasteiger partial charge in [-0.2, -0.15) is 0 Å². The number of ether oxygens (including phenoxy) is 3. The van der Waals surface area contributed by atoms with Crippen molar-refractivity contribution in [3.63, 3.8) is 0 Å². The summed E-state index contributed by atoms with van der Waals surface area (Å²) in [5.41, 5.74) is -0.0244. The molecule has 0 aromatic heterocycles. The number of esters is 1. The number of non-ortho nitro benzene ring substituents is 1. The number of hydrogen-bond acceptors (Lipinski definition) is 7. The third kappa shape index (κ3) is 3.75. The number of nitro benzene ring substituents is 1. The van der Waals surface area contributed by atoms with E-state index in [0.717, 1.165) is 0 Å². The molecule has 0 N–H and O–H groups in total. The van der Waals surface area contributed by atoms with Crippen LogP contribution in [-0.4, -0.2) is 55.6 Å². The Morgan fingerprint density at radius 2 is 2.29 bits per heavy atom. The van der Waals surface area contributed by atoms with Crippen molar-refractivity contribution in [1.29, 1.82) is 0 Å². The molecule has 8 nitrogen and oxygen atoms in total. The zero-order valence-corrected chi connectivity index (χ0v) is 11.7. The SMILES string of the molecule is COC1CN(C)C(OC(=O)c2cccc([N+](=O)[O-])c2)CO1. The molecule has 2 rings (SSSR count). The van der Waals surface area contributed by atoms with Crippen LogP contribution in [0.1, 0.15) is 10.4 Å². The number of nitrogens with zero attached hydrogens (tertiary/aromatic N) is 2. The minimum absolute atomic E-state index is 0.131. The molecule has 0 spiro atoms. The Morgan fingerprint density at radius 3 is 2.90 bits per heavy atom. The van der Waals surface area contributed by atoms with Crippen LogP contribution in [0.4, 0.5) is 5.69 Å². The summed E-state index contributed by atoms with van der Waals surface area (Å²) in [5, 5.41) is 10.7. The van der Waals surface area contributed by atoms with Gasteiger partial charge in [-0.3, -0.25) is 15.0 Å². The number of carbonyl (C=O) groups excluding carboxylic acids is 1. The summed E-state index contributed by atoms with van der Waals surface area (Å²) in [7, 11) is 3.31. The lowest BCUT2D eigenvalue weighted by molar-refractivity contribution is -0.384. The number of methoxy groups -OCH3 is 1. The smallest absolute Gasteiger partial charge is 0.340 e. The summed E-state index contributed by atoms with van der Waals surface area (Å²) in [4.78, 5) is 23.9. The van der Waals surface area contributed by atoms with Gasteiger partial charge < -0.3 is 14.2 Å². The Kier molecular flexibility index (Phi) is 4.84. The van der Waals surface area contributed by atoms with Crippen molar-refractivity contribution < 1.29 is 23.9 Å². The second kappa shape index (κ2) is 6.61. The number of nitro groups is 1. The minimum Gasteiger partial charge on any atom is -0.440 e. The lowest BCUT2D eigenvalue weighted by Gasteiger charge is -2.35.